The predicted molar refractivity (Wildman–Crippen MR) is 123 cm³/mol. The molecule has 3 aromatic carbocycles. The van der Waals surface area contributed by atoms with E-state index in [0.29, 0.717) is 43.9 Å². The molecule has 4 nitrogen and oxygen atoms in total. The molecule has 4 rings (SSSR count). The largest absolute Gasteiger partial charge is 0.416 e. The zero-order valence-electron chi connectivity index (χ0n) is 17.4. The van der Waals surface area contributed by atoms with Crippen molar-refractivity contribution < 1.29 is 21.6 Å². The molecule has 0 spiro atoms. The summed E-state index contributed by atoms with van der Waals surface area (Å²) in [4.78, 5) is 1.48. The number of likely N-dealkylation sites (tertiary alicyclic amines) is 1. The van der Waals surface area contributed by atoms with Crippen molar-refractivity contribution in [2.75, 3.05) is 13.1 Å². The molecule has 0 atom stereocenters. The van der Waals surface area contributed by atoms with Crippen molar-refractivity contribution in [1.82, 2.24) is 4.90 Å². The summed E-state index contributed by atoms with van der Waals surface area (Å²) in [6.07, 6.45) is -4.28. The molecule has 33 heavy (non-hydrogen) atoms. The minimum absolute atomic E-state index is 0.310. The third-order valence-corrected chi connectivity index (χ3v) is 6.88. The van der Waals surface area contributed by atoms with Gasteiger partial charge < -0.3 is 0 Å². The Morgan fingerprint density at radius 2 is 1.61 bits per heavy atom. The maximum atomic E-state index is 13.0. The van der Waals surface area contributed by atoms with Crippen LogP contribution in [0.2, 0.25) is 5.02 Å². The highest BCUT2D eigenvalue weighted by molar-refractivity contribution is 7.90. The molecule has 1 saturated heterocycles. The van der Waals surface area contributed by atoms with Gasteiger partial charge in [-0.2, -0.15) is 26.0 Å². The van der Waals surface area contributed by atoms with Crippen molar-refractivity contribution in [2.24, 2.45) is 4.40 Å². The summed E-state index contributed by atoms with van der Waals surface area (Å²) in [5, 5.41) is -0.310. The van der Waals surface area contributed by atoms with Crippen LogP contribution in [-0.4, -0.2) is 32.1 Å². The van der Waals surface area contributed by atoms with Gasteiger partial charge >= 0.3 is 6.18 Å². The Bertz CT molecular complexity index is 1280. The molecule has 1 fully saturated rings. The fourth-order valence-corrected chi connectivity index (χ4v) is 5.15. The third-order valence-electron chi connectivity index (χ3n) is 5.34. The van der Waals surface area contributed by atoms with Gasteiger partial charge in [0.2, 0.25) is 0 Å². The normalized spacial score (nSPS) is 16.4. The van der Waals surface area contributed by atoms with Gasteiger partial charge in [0.05, 0.1) is 10.5 Å². The monoisotopic (exact) mass is 492 g/mol. The lowest BCUT2D eigenvalue weighted by atomic mass is 10.0. The smallest absolute Gasteiger partial charge is 0.293 e. The molecule has 172 valence electrons. The van der Waals surface area contributed by atoms with Crippen LogP contribution in [0.3, 0.4) is 0 Å². The van der Waals surface area contributed by atoms with E-state index in [1.165, 1.54) is 0 Å². The fourth-order valence-electron chi connectivity index (χ4n) is 3.70. The van der Waals surface area contributed by atoms with Gasteiger partial charge in [0.1, 0.15) is 0 Å². The minimum Gasteiger partial charge on any atom is -0.293 e. The molecule has 0 unspecified atom stereocenters. The number of rotatable bonds is 5. The van der Waals surface area contributed by atoms with Gasteiger partial charge in [-0.15, -0.1) is 0 Å². The van der Waals surface area contributed by atoms with Crippen molar-refractivity contribution in [3.05, 3.63) is 88.9 Å². The molecule has 0 amide bonds. The minimum atomic E-state index is -4.71. The Labute approximate surface area is 195 Å². The fraction of sp³-hybridized carbons (Fsp3) is 0.208. The second-order valence-corrected chi connectivity index (χ2v) is 9.87. The Morgan fingerprint density at radius 3 is 2.27 bits per heavy atom. The Kier molecular flexibility index (Phi) is 6.61. The molecular weight excluding hydrogens is 473 g/mol. The van der Waals surface area contributed by atoms with Crippen LogP contribution in [0.4, 0.5) is 13.2 Å². The summed E-state index contributed by atoms with van der Waals surface area (Å²) in [5.41, 5.74) is 2.59. The van der Waals surface area contributed by atoms with Gasteiger partial charge in [0.25, 0.3) is 10.0 Å². The molecule has 0 saturated carbocycles. The third kappa shape index (κ3) is 5.82. The molecular formula is C24H20ClF3N2O2S. The Hall–Kier alpha value is -2.68. The average Bonchev–Trinajstić information content (AvgIpc) is 3.20. The van der Waals surface area contributed by atoms with Crippen LogP contribution in [0.5, 0.6) is 0 Å². The van der Waals surface area contributed by atoms with E-state index in [1.807, 2.05) is 59.5 Å². The first kappa shape index (κ1) is 23.5. The van der Waals surface area contributed by atoms with Crippen molar-refractivity contribution in [3.63, 3.8) is 0 Å². The first-order valence-corrected chi connectivity index (χ1v) is 12.0. The Morgan fingerprint density at radius 1 is 0.939 bits per heavy atom. The average molecular weight is 493 g/mol. The van der Waals surface area contributed by atoms with Crippen molar-refractivity contribution in [2.45, 2.75) is 24.0 Å². The lowest BCUT2D eigenvalue weighted by Crippen LogP contribution is -2.20. The number of alkyl halides is 3. The summed E-state index contributed by atoms with van der Waals surface area (Å²) in [7, 11) is -4.30. The molecule has 0 N–H and O–H groups in total. The standard InChI is InChI=1S/C24H20ClF3N2O2S/c25-21-12-20(24(26,27)28)13-23(14-21)33(31,32)29-22-10-11-30(16-22)15-17-6-8-19(9-7-17)18-4-2-1-3-5-18/h1-9,12-14H,10-11,15-16H2. The second-order valence-electron chi connectivity index (χ2n) is 7.83. The lowest BCUT2D eigenvalue weighted by molar-refractivity contribution is -0.137. The second kappa shape index (κ2) is 9.29. The van der Waals surface area contributed by atoms with Gasteiger partial charge in [-0.1, -0.05) is 66.2 Å². The maximum absolute atomic E-state index is 13.0. The number of sulfonamides is 1. The molecule has 1 aliphatic rings. The molecule has 0 bridgehead atoms. The van der Waals surface area contributed by atoms with Gasteiger partial charge in [-0.25, -0.2) is 0 Å². The van der Waals surface area contributed by atoms with Crippen LogP contribution < -0.4 is 0 Å². The number of hydrogen-bond acceptors (Lipinski definition) is 3. The highest BCUT2D eigenvalue weighted by Gasteiger charge is 2.33. The zero-order chi connectivity index (χ0) is 23.6. The molecule has 9 heteroatoms. The highest BCUT2D eigenvalue weighted by atomic mass is 35.5. The SMILES string of the molecule is O=S(=O)(N=C1CCN(Cc2ccc(-c3ccccc3)cc2)C1)c1cc(Cl)cc(C(F)(F)F)c1. The summed E-state index contributed by atoms with van der Waals surface area (Å²) < 4.78 is 68.1. The van der Waals surface area contributed by atoms with Crippen LogP contribution in [-0.2, 0) is 22.7 Å². The van der Waals surface area contributed by atoms with Gasteiger partial charge in [0.15, 0.2) is 0 Å². The van der Waals surface area contributed by atoms with E-state index in [1.54, 1.807) is 0 Å². The van der Waals surface area contributed by atoms with Crippen LogP contribution in [0, 0.1) is 0 Å². The Balaban J connectivity index is 1.45. The van der Waals surface area contributed by atoms with Crippen molar-refractivity contribution >= 4 is 27.3 Å². The maximum Gasteiger partial charge on any atom is 0.416 e. The van der Waals surface area contributed by atoms with Crippen molar-refractivity contribution in [3.8, 4) is 11.1 Å². The number of halogens is 4. The van der Waals surface area contributed by atoms with Gasteiger partial charge in [0, 0.05) is 36.8 Å². The molecule has 1 heterocycles. The van der Waals surface area contributed by atoms with E-state index in [9.17, 15) is 21.6 Å². The quantitative estimate of drug-likeness (QED) is 0.435. The van der Waals surface area contributed by atoms with E-state index in [-0.39, 0.29) is 5.02 Å². The van der Waals surface area contributed by atoms with Crippen LogP contribution in [0.25, 0.3) is 11.1 Å². The van der Waals surface area contributed by atoms with Crippen LogP contribution >= 0.6 is 11.6 Å². The number of benzene rings is 3. The number of hydrogen-bond donors (Lipinski definition) is 0. The first-order chi connectivity index (χ1) is 15.6. The van der Waals surface area contributed by atoms with Gasteiger partial charge in [-0.3, -0.25) is 4.90 Å². The van der Waals surface area contributed by atoms with Crippen molar-refractivity contribution in [1.29, 1.82) is 0 Å². The molecule has 3 aromatic rings. The molecule has 1 aliphatic heterocycles. The van der Waals surface area contributed by atoms with Crippen LogP contribution in [0.1, 0.15) is 17.5 Å². The number of nitrogens with zero attached hydrogens (tertiary/aromatic N) is 2. The first-order valence-electron chi connectivity index (χ1n) is 10.2. The highest BCUT2D eigenvalue weighted by Crippen LogP contribution is 2.33. The summed E-state index contributed by atoms with van der Waals surface area (Å²) in [6.45, 7) is 1.55. The summed E-state index contributed by atoms with van der Waals surface area (Å²) in [5.74, 6) is 0. The molecule has 0 aliphatic carbocycles. The van der Waals surface area contributed by atoms with E-state index in [4.69, 9.17) is 11.6 Å². The van der Waals surface area contributed by atoms with E-state index in [0.717, 1.165) is 22.8 Å². The van der Waals surface area contributed by atoms with Crippen LogP contribution in [0.15, 0.2) is 82.1 Å². The van der Waals surface area contributed by atoms with E-state index >= 15 is 0 Å². The molecule has 0 aromatic heterocycles. The van der Waals surface area contributed by atoms with E-state index < -0.39 is 26.7 Å². The molecule has 0 radical (unpaired) electrons. The van der Waals surface area contributed by atoms with Gasteiger partial charge in [-0.05, 0) is 34.9 Å². The lowest BCUT2D eigenvalue weighted by Gasteiger charge is -2.14. The van der Waals surface area contributed by atoms with E-state index in [2.05, 4.69) is 4.40 Å². The topological polar surface area (TPSA) is 49.7 Å². The summed E-state index contributed by atoms with van der Waals surface area (Å²) >= 11 is 5.72. The summed E-state index contributed by atoms with van der Waals surface area (Å²) in [6, 6.07) is 20.4. The zero-order valence-corrected chi connectivity index (χ0v) is 19.0. The predicted octanol–water partition coefficient (Wildman–Crippen LogP) is 6.06.